The minimum atomic E-state index is -0.0789. The van der Waals surface area contributed by atoms with Crippen LogP contribution in [0.25, 0.3) is 11.3 Å². The van der Waals surface area contributed by atoms with Gasteiger partial charge in [0.2, 0.25) is 5.95 Å². The molecule has 2 aliphatic heterocycles. The van der Waals surface area contributed by atoms with Gasteiger partial charge in [0, 0.05) is 55.6 Å². The molecule has 0 atom stereocenters. The van der Waals surface area contributed by atoms with E-state index in [0.717, 1.165) is 60.9 Å². The highest BCUT2D eigenvalue weighted by atomic mass is 16.5. The Morgan fingerprint density at radius 3 is 2.74 bits per heavy atom. The van der Waals surface area contributed by atoms with Gasteiger partial charge in [-0.05, 0) is 44.8 Å². The maximum absolute atomic E-state index is 12.8. The smallest absolute Gasteiger partial charge is 0.251 e. The van der Waals surface area contributed by atoms with Crippen molar-refractivity contribution in [1.29, 1.82) is 0 Å². The Kier molecular flexibility index (Phi) is 6.87. The normalized spacial score (nSPS) is 15.4. The zero-order valence-electron chi connectivity index (χ0n) is 20.3. The molecular formula is C26H31N7O2. The van der Waals surface area contributed by atoms with Crippen LogP contribution in [0.4, 0.5) is 17.5 Å². The van der Waals surface area contributed by atoms with Gasteiger partial charge in [-0.3, -0.25) is 9.78 Å². The fourth-order valence-electron chi connectivity index (χ4n) is 4.45. The highest BCUT2D eigenvalue weighted by molar-refractivity contribution is 5.95. The lowest BCUT2D eigenvalue weighted by atomic mass is 10.0. The molecule has 1 saturated heterocycles. The lowest BCUT2D eigenvalue weighted by Crippen LogP contribution is -2.37. The number of likely N-dealkylation sites (N-methyl/N-ethyl adjacent to an activating group) is 1. The van der Waals surface area contributed by atoms with Crippen LogP contribution in [0.5, 0.6) is 0 Å². The first-order valence-corrected chi connectivity index (χ1v) is 12.0. The highest BCUT2D eigenvalue weighted by Gasteiger charge is 2.29. The third kappa shape index (κ3) is 5.11. The largest absolute Gasteiger partial charge is 0.378 e. The Bertz CT molecular complexity index is 1180. The summed E-state index contributed by atoms with van der Waals surface area (Å²) in [6, 6.07) is 11.7. The second-order valence-corrected chi connectivity index (χ2v) is 9.03. The lowest BCUT2D eigenvalue weighted by Gasteiger charge is -2.28. The maximum Gasteiger partial charge on any atom is 0.251 e. The molecule has 5 rings (SSSR count). The average Bonchev–Trinajstić information content (AvgIpc) is 3.33. The van der Waals surface area contributed by atoms with Crippen molar-refractivity contribution in [1.82, 2.24) is 25.2 Å². The molecule has 9 nitrogen and oxygen atoms in total. The molecule has 0 bridgehead atoms. The van der Waals surface area contributed by atoms with E-state index in [-0.39, 0.29) is 5.91 Å². The number of ether oxygens (including phenoxy) is 1. The molecule has 2 aliphatic rings. The summed E-state index contributed by atoms with van der Waals surface area (Å²) in [5, 5.41) is 3.00. The summed E-state index contributed by atoms with van der Waals surface area (Å²) < 4.78 is 5.54. The molecule has 0 spiro atoms. The van der Waals surface area contributed by atoms with Crippen molar-refractivity contribution in [3.63, 3.8) is 0 Å². The number of amides is 1. The molecule has 182 valence electrons. The fraction of sp³-hybridized carbons (Fsp3) is 0.385. The van der Waals surface area contributed by atoms with E-state index >= 15 is 0 Å². The van der Waals surface area contributed by atoms with E-state index in [9.17, 15) is 4.79 Å². The third-order valence-corrected chi connectivity index (χ3v) is 6.31. The second kappa shape index (κ2) is 10.4. The molecule has 3 aromatic rings. The molecule has 0 saturated carbocycles. The summed E-state index contributed by atoms with van der Waals surface area (Å²) in [4.78, 5) is 33.6. The van der Waals surface area contributed by atoms with E-state index in [1.165, 1.54) is 0 Å². The van der Waals surface area contributed by atoms with Gasteiger partial charge in [-0.2, -0.15) is 4.98 Å². The first kappa shape index (κ1) is 23.2. The van der Waals surface area contributed by atoms with Gasteiger partial charge in [0.1, 0.15) is 5.82 Å². The molecule has 1 N–H and O–H groups in total. The lowest BCUT2D eigenvalue weighted by molar-refractivity contribution is 0.0951. The summed E-state index contributed by atoms with van der Waals surface area (Å²) in [7, 11) is 3.98. The van der Waals surface area contributed by atoms with Gasteiger partial charge in [0.05, 0.1) is 30.8 Å². The number of rotatable bonds is 7. The number of nitrogens with one attached hydrogen (secondary N) is 1. The van der Waals surface area contributed by atoms with Crippen molar-refractivity contribution in [3.8, 4) is 11.3 Å². The number of carbonyl (C=O) groups excluding carboxylic acids is 1. The number of pyridine rings is 1. The molecule has 1 aromatic carbocycles. The van der Waals surface area contributed by atoms with Crippen molar-refractivity contribution >= 4 is 23.4 Å². The van der Waals surface area contributed by atoms with Crippen LogP contribution in [0.2, 0.25) is 0 Å². The van der Waals surface area contributed by atoms with Crippen LogP contribution in [0, 0.1) is 0 Å². The number of fused-ring (bicyclic) bond motifs is 1. The van der Waals surface area contributed by atoms with Crippen molar-refractivity contribution in [2.24, 2.45) is 0 Å². The van der Waals surface area contributed by atoms with Crippen molar-refractivity contribution in [2.75, 3.05) is 69.8 Å². The van der Waals surface area contributed by atoms with Gasteiger partial charge in [0.15, 0.2) is 0 Å². The zero-order valence-corrected chi connectivity index (χ0v) is 20.3. The molecule has 2 aromatic heterocycles. The minimum Gasteiger partial charge on any atom is -0.378 e. The Balaban J connectivity index is 1.52. The second-order valence-electron chi connectivity index (χ2n) is 9.03. The quantitative estimate of drug-likeness (QED) is 0.560. The number of hydrogen-bond acceptors (Lipinski definition) is 8. The number of anilines is 3. The van der Waals surface area contributed by atoms with Crippen LogP contribution < -0.4 is 15.1 Å². The molecular weight excluding hydrogens is 442 g/mol. The molecule has 0 unspecified atom stereocenters. The van der Waals surface area contributed by atoms with E-state index in [2.05, 4.69) is 26.2 Å². The Morgan fingerprint density at radius 2 is 1.97 bits per heavy atom. The third-order valence-electron chi connectivity index (χ3n) is 6.31. The zero-order chi connectivity index (χ0) is 24.2. The molecule has 35 heavy (non-hydrogen) atoms. The first-order chi connectivity index (χ1) is 17.1. The molecule has 1 amide bonds. The van der Waals surface area contributed by atoms with E-state index < -0.39 is 0 Å². The fourth-order valence-corrected chi connectivity index (χ4v) is 4.45. The molecule has 0 aliphatic carbocycles. The molecule has 1 fully saturated rings. The number of nitrogens with zero attached hydrogens (tertiary/aromatic N) is 6. The van der Waals surface area contributed by atoms with Gasteiger partial charge in [-0.1, -0.05) is 12.1 Å². The van der Waals surface area contributed by atoms with E-state index in [4.69, 9.17) is 14.7 Å². The van der Waals surface area contributed by atoms with Crippen molar-refractivity contribution in [2.45, 2.75) is 6.42 Å². The molecule has 0 radical (unpaired) electrons. The number of morpholine rings is 1. The van der Waals surface area contributed by atoms with Gasteiger partial charge >= 0.3 is 0 Å². The monoisotopic (exact) mass is 473 g/mol. The Morgan fingerprint density at radius 1 is 1.11 bits per heavy atom. The van der Waals surface area contributed by atoms with Crippen LogP contribution in [-0.2, 0) is 11.2 Å². The van der Waals surface area contributed by atoms with Gasteiger partial charge in [-0.25, -0.2) is 4.98 Å². The predicted molar refractivity (Wildman–Crippen MR) is 136 cm³/mol. The van der Waals surface area contributed by atoms with E-state index in [1.807, 2.05) is 55.5 Å². The molecule has 9 heteroatoms. The Hall–Kier alpha value is -3.56. The minimum absolute atomic E-state index is 0.0789. The van der Waals surface area contributed by atoms with Gasteiger partial charge in [0.25, 0.3) is 5.91 Å². The van der Waals surface area contributed by atoms with Crippen LogP contribution >= 0.6 is 0 Å². The Labute approximate surface area is 205 Å². The van der Waals surface area contributed by atoms with Crippen LogP contribution in [0.3, 0.4) is 0 Å². The van der Waals surface area contributed by atoms with Crippen molar-refractivity contribution in [3.05, 3.63) is 59.9 Å². The summed E-state index contributed by atoms with van der Waals surface area (Å²) in [6.07, 6.45) is 4.46. The predicted octanol–water partition coefficient (Wildman–Crippen LogP) is 2.36. The summed E-state index contributed by atoms with van der Waals surface area (Å²) in [6.45, 7) is 5.01. The summed E-state index contributed by atoms with van der Waals surface area (Å²) in [5.74, 6) is 1.52. The highest BCUT2D eigenvalue weighted by Crippen LogP contribution is 2.39. The van der Waals surface area contributed by atoms with Crippen LogP contribution in [0.15, 0.2) is 48.8 Å². The molecule has 4 heterocycles. The standard InChI is InChI=1S/C26H31N7O2/c1-31(2)12-10-28-25(34)20-6-3-5-19(17-20)23-22-8-11-33(21-7-4-9-27-18-21)24(22)30-26(29-23)32-13-15-35-16-14-32/h3-7,9,17-18H,8,10-16H2,1-2H3,(H,28,34). The number of aromatic nitrogens is 3. The average molecular weight is 474 g/mol. The van der Waals surface area contributed by atoms with Crippen LogP contribution in [-0.4, -0.2) is 85.8 Å². The SMILES string of the molecule is CN(C)CCNC(=O)c1cccc(-c2nc(N3CCOCC3)nc3c2CCN3c2cccnc2)c1. The van der Waals surface area contributed by atoms with Gasteiger partial charge in [-0.15, -0.1) is 0 Å². The topological polar surface area (TPSA) is 86.7 Å². The summed E-state index contributed by atoms with van der Waals surface area (Å²) in [5.41, 5.74) is 4.54. The summed E-state index contributed by atoms with van der Waals surface area (Å²) >= 11 is 0. The van der Waals surface area contributed by atoms with Gasteiger partial charge < -0.3 is 24.8 Å². The number of benzene rings is 1. The number of hydrogen-bond donors (Lipinski definition) is 1. The van der Waals surface area contributed by atoms with E-state index in [1.54, 1.807) is 6.20 Å². The van der Waals surface area contributed by atoms with E-state index in [0.29, 0.717) is 31.3 Å². The number of carbonyl (C=O) groups is 1. The van der Waals surface area contributed by atoms with Crippen LogP contribution in [0.1, 0.15) is 15.9 Å². The maximum atomic E-state index is 12.8. The van der Waals surface area contributed by atoms with Crippen molar-refractivity contribution < 1.29 is 9.53 Å². The first-order valence-electron chi connectivity index (χ1n) is 12.0.